The number of aromatic nitrogens is 2. The van der Waals surface area contributed by atoms with Crippen molar-refractivity contribution in [1.82, 2.24) is 9.55 Å². The third-order valence-electron chi connectivity index (χ3n) is 3.99. The van der Waals surface area contributed by atoms with Gasteiger partial charge in [-0.1, -0.05) is 29.8 Å². The number of benzene rings is 2. The van der Waals surface area contributed by atoms with Gasteiger partial charge in [0.15, 0.2) is 0 Å². The predicted molar refractivity (Wildman–Crippen MR) is 107 cm³/mol. The van der Waals surface area contributed by atoms with E-state index in [1.54, 1.807) is 49.6 Å². The minimum absolute atomic E-state index is 0.296. The first-order chi connectivity index (χ1) is 13.0. The molecule has 7 nitrogen and oxygen atoms in total. The second-order valence-electron chi connectivity index (χ2n) is 6.02. The molecule has 0 aliphatic heterocycles. The number of hydrogen-bond donors (Lipinski definition) is 2. The summed E-state index contributed by atoms with van der Waals surface area (Å²) < 4.78 is 6.58. The van der Waals surface area contributed by atoms with Gasteiger partial charge in [-0.25, -0.2) is 9.59 Å². The molecule has 0 saturated carbocycles. The van der Waals surface area contributed by atoms with E-state index in [2.05, 4.69) is 15.6 Å². The second kappa shape index (κ2) is 8.20. The number of methoxy groups -OCH3 is 1. The maximum atomic E-state index is 12.6. The van der Waals surface area contributed by atoms with E-state index in [1.807, 2.05) is 13.0 Å². The molecule has 0 aliphatic rings. The van der Waals surface area contributed by atoms with E-state index in [0.29, 0.717) is 34.0 Å². The van der Waals surface area contributed by atoms with Gasteiger partial charge in [-0.15, -0.1) is 0 Å². The fraction of sp³-hybridized carbons (Fsp3) is 0.211. The Morgan fingerprint density at radius 3 is 2.74 bits per heavy atom. The molecule has 0 spiro atoms. The summed E-state index contributed by atoms with van der Waals surface area (Å²) in [6.45, 7) is 2.12. The highest BCUT2D eigenvalue weighted by Gasteiger charge is 2.18. The molecule has 3 aromatic rings. The number of carbonyl (C=O) groups is 1. The van der Waals surface area contributed by atoms with Crippen LogP contribution in [0.25, 0.3) is 10.9 Å². The quantitative estimate of drug-likeness (QED) is 0.696. The van der Waals surface area contributed by atoms with Crippen molar-refractivity contribution in [1.29, 1.82) is 0 Å². The van der Waals surface area contributed by atoms with Crippen molar-refractivity contribution in [3.63, 3.8) is 0 Å². The van der Waals surface area contributed by atoms with Gasteiger partial charge in [-0.05, 0) is 37.3 Å². The highest BCUT2D eigenvalue weighted by molar-refractivity contribution is 6.30. The number of halogens is 1. The first-order valence-corrected chi connectivity index (χ1v) is 8.71. The van der Waals surface area contributed by atoms with Gasteiger partial charge in [0.05, 0.1) is 18.2 Å². The summed E-state index contributed by atoms with van der Waals surface area (Å²) in [4.78, 5) is 29.2. The number of urea groups is 1. The number of anilines is 2. The maximum absolute atomic E-state index is 12.6. The Morgan fingerprint density at radius 2 is 2.00 bits per heavy atom. The first kappa shape index (κ1) is 18.9. The van der Waals surface area contributed by atoms with Gasteiger partial charge in [0.1, 0.15) is 5.82 Å². The maximum Gasteiger partial charge on any atom is 0.350 e. The molecule has 3 rings (SSSR count). The molecule has 0 bridgehead atoms. The number of carbonyl (C=O) groups excluding carboxylic acids is 1. The number of rotatable bonds is 5. The van der Waals surface area contributed by atoms with Gasteiger partial charge in [0.2, 0.25) is 0 Å². The molecular weight excluding hydrogens is 368 g/mol. The number of nitrogens with one attached hydrogen (secondary N) is 2. The van der Waals surface area contributed by atoms with Crippen LogP contribution in [0.3, 0.4) is 0 Å². The van der Waals surface area contributed by atoms with E-state index < -0.39 is 11.7 Å². The average Bonchev–Trinajstić information content (AvgIpc) is 2.61. The van der Waals surface area contributed by atoms with E-state index in [9.17, 15) is 9.59 Å². The monoisotopic (exact) mass is 386 g/mol. The molecular formula is C19H19ClN4O3. The Kier molecular flexibility index (Phi) is 5.73. The molecule has 2 aromatic carbocycles. The zero-order chi connectivity index (χ0) is 19.4. The SMILES string of the molecule is COCC(C)n1c(NC(=O)Nc2cccc(Cl)c2)c2ccccc2nc1=O. The fourth-order valence-corrected chi connectivity index (χ4v) is 3.03. The topological polar surface area (TPSA) is 85.2 Å². The number of ether oxygens (including phenoxy) is 1. The van der Waals surface area contributed by atoms with Crippen molar-refractivity contribution in [2.24, 2.45) is 0 Å². The lowest BCUT2D eigenvalue weighted by Crippen LogP contribution is -2.32. The second-order valence-corrected chi connectivity index (χ2v) is 6.46. The van der Waals surface area contributed by atoms with Crippen LogP contribution in [0.15, 0.2) is 53.3 Å². The van der Waals surface area contributed by atoms with Crippen LogP contribution in [0.4, 0.5) is 16.3 Å². The lowest BCUT2D eigenvalue weighted by molar-refractivity contribution is 0.161. The van der Waals surface area contributed by atoms with Gasteiger partial charge in [-0.2, -0.15) is 4.98 Å². The molecule has 2 N–H and O–H groups in total. The number of para-hydroxylation sites is 1. The van der Waals surface area contributed by atoms with Crippen molar-refractivity contribution >= 4 is 40.0 Å². The summed E-state index contributed by atoms with van der Waals surface area (Å²) in [5.41, 5.74) is 0.579. The van der Waals surface area contributed by atoms with Gasteiger partial charge in [-0.3, -0.25) is 9.88 Å². The van der Waals surface area contributed by atoms with Crippen LogP contribution in [-0.4, -0.2) is 29.3 Å². The molecule has 0 fully saturated rings. The predicted octanol–water partition coefficient (Wildman–Crippen LogP) is 3.90. The summed E-state index contributed by atoms with van der Waals surface area (Å²) in [7, 11) is 1.55. The minimum atomic E-state index is -0.494. The molecule has 1 heterocycles. The lowest BCUT2D eigenvalue weighted by atomic mass is 10.2. The summed E-state index contributed by atoms with van der Waals surface area (Å²) in [6, 6.07) is 13.1. The zero-order valence-electron chi connectivity index (χ0n) is 14.9. The van der Waals surface area contributed by atoms with Crippen LogP contribution in [-0.2, 0) is 4.74 Å². The van der Waals surface area contributed by atoms with E-state index in [1.165, 1.54) is 4.57 Å². The molecule has 27 heavy (non-hydrogen) atoms. The molecule has 0 saturated heterocycles. The Morgan fingerprint density at radius 1 is 1.22 bits per heavy atom. The molecule has 1 unspecified atom stereocenters. The fourth-order valence-electron chi connectivity index (χ4n) is 2.84. The molecule has 8 heteroatoms. The summed E-state index contributed by atoms with van der Waals surface area (Å²) in [5.74, 6) is 0.356. The molecule has 0 aliphatic carbocycles. The number of amides is 2. The highest BCUT2D eigenvalue weighted by Crippen LogP contribution is 2.23. The van der Waals surface area contributed by atoms with Crippen molar-refractivity contribution in [3.8, 4) is 0 Å². The van der Waals surface area contributed by atoms with E-state index in [4.69, 9.17) is 16.3 Å². The van der Waals surface area contributed by atoms with Gasteiger partial charge in [0.25, 0.3) is 0 Å². The number of hydrogen-bond acceptors (Lipinski definition) is 4. The summed E-state index contributed by atoms with van der Waals surface area (Å²) in [5, 5.41) is 6.65. The Bertz CT molecular complexity index is 1030. The standard InChI is InChI=1S/C19H19ClN4O3/c1-12(11-27-2)24-17(15-8-3-4-9-16(15)22-19(24)26)23-18(25)21-14-7-5-6-13(20)10-14/h3-10,12H,11H2,1-2H3,(H2,21,23,25). The van der Waals surface area contributed by atoms with E-state index in [0.717, 1.165) is 0 Å². The molecule has 2 amide bonds. The van der Waals surface area contributed by atoms with Crippen LogP contribution in [0.1, 0.15) is 13.0 Å². The minimum Gasteiger partial charge on any atom is -0.383 e. The molecule has 1 aromatic heterocycles. The first-order valence-electron chi connectivity index (χ1n) is 8.33. The van der Waals surface area contributed by atoms with Crippen LogP contribution < -0.4 is 16.3 Å². The zero-order valence-corrected chi connectivity index (χ0v) is 15.7. The van der Waals surface area contributed by atoms with Crippen molar-refractivity contribution in [2.45, 2.75) is 13.0 Å². The normalized spacial score (nSPS) is 12.0. The van der Waals surface area contributed by atoms with Crippen molar-refractivity contribution in [3.05, 3.63) is 64.0 Å². The Hall–Kier alpha value is -2.90. The number of nitrogens with zero attached hydrogens (tertiary/aromatic N) is 2. The van der Waals surface area contributed by atoms with Gasteiger partial charge < -0.3 is 10.1 Å². The summed E-state index contributed by atoms with van der Waals surface area (Å²) >= 11 is 5.95. The van der Waals surface area contributed by atoms with E-state index >= 15 is 0 Å². The molecule has 140 valence electrons. The molecule has 1 atom stereocenters. The highest BCUT2D eigenvalue weighted by atomic mass is 35.5. The smallest absolute Gasteiger partial charge is 0.350 e. The van der Waals surface area contributed by atoms with Crippen molar-refractivity contribution < 1.29 is 9.53 Å². The largest absolute Gasteiger partial charge is 0.383 e. The third kappa shape index (κ3) is 4.27. The Labute approximate surface area is 160 Å². The van der Waals surface area contributed by atoms with E-state index in [-0.39, 0.29) is 6.04 Å². The molecule has 0 radical (unpaired) electrons. The average molecular weight is 387 g/mol. The number of fused-ring (bicyclic) bond motifs is 1. The van der Waals surface area contributed by atoms with Crippen LogP contribution in [0.2, 0.25) is 5.02 Å². The van der Waals surface area contributed by atoms with Crippen LogP contribution >= 0.6 is 11.6 Å². The lowest BCUT2D eigenvalue weighted by Gasteiger charge is -2.20. The van der Waals surface area contributed by atoms with Crippen LogP contribution in [0.5, 0.6) is 0 Å². The summed E-state index contributed by atoms with van der Waals surface area (Å²) in [6.07, 6.45) is 0. The Balaban J connectivity index is 2.01. The van der Waals surface area contributed by atoms with Crippen LogP contribution in [0, 0.1) is 0 Å². The van der Waals surface area contributed by atoms with Crippen molar-refractivity contribution in [2.75, 3.05) is 24.4 Å². The van der Waals surface area contributed by atoms with Gasteiger partial charge in [0, 0.05) is 23.2 Å². The van der Waals surface area contributed by atoms with Gasteiger partial charge >= 0.3 is 11.7 Å². The third-order valence-corrected chi connectivity index (χ3v) is 4.22.